The van der Waals surface area contributed by atoms with E-state index >= 15 is 0 Å². The van der Waals surface area contributed by atoms with E-state index in [1.54, 1.807) is 0 Å². The van der Waals surface area contributed by atoms with Gasteiger partial charge in [-0.1, -0.05) is 18.2 Å². The van der Waals surface area contributed by atoms with Gasteiger partial charge in [0.25, 0.3) is 0 Å². The normalized spacial score (nSPS) is 30.8. The van der Waals surface area contributed by atoms with Gasteiger partial charge >= 0.3 is 0 Å². The highest BCUT2D eigenvalue weighted by atomic mass is 16.1. The Morgan fingerprint density at radius 3 is 2.79 bits per heavy atom. The average Bonchev–Trinajstić information content (AvgIpc) is 2.87. The molecule has 2 fully saturated rings. The van der Waals surface area contributed by atoms with E-state index in [1.165, 1.54) is 23.1 Å². The second-order valence-corrected chi connectivity index (χ2v) is 6.35. The van der Waals surface area contributed by atoms with Crippen LogP contribution in [0.3, 0.4) is 0 Å². The summed E-state index contributed by atoms with van der Waals surface area (Å²) in [6.45, 7) is 2.62. The Morgan fingerprint density at radius 2 is 1.95 bits per heavy atom. The van der Waals surface area contributed by atoms with Crippen molar-refractivity contribution < 1.29 is 4.79 Å². The molecule has 1 aliphatic heterocycles. The van der Waals surface area contributed by atoms with Crippen molar-refractivity contribution in [3.63, 3.8) is 0 Å². The Balaban J connectivity index is 1.35. The second-order valence-electron chi connectivity index (χ2n) is 6.35. The minimum absolute atomic E-state index is 0.269. The lowest BCUT2D eigenvalue weighted by molar-refractivity contribution is -0.125. The highest BCUT2D eigenvalue weighted by Gasteiger charge is 2.47. The highest BCUT2D eigenvalue weighted by Crippen LogP contribution is 2.54. The van der Waals surface area contributed by atoms with Crippen LogP contribution in [0.5, 0.6) is 0 Å². The van der Waals surface area contributed by atoms with E-state index in [0.717, 1.165) is 37.8 Å². The van der Waals surface area contributed by atoms with Gasteiger partial charge in [0.05, 0.1) is 0 Å². The van der Waals surface area contributed by atoms with E-state index in [-0.39, 0.29) is 5.91 Å². The number of nitrogens with one attached hydrogen (secondary N) is 2. The summed E-state index contributed by atoms with van der Waals surface area (Å²) in [5, 5.41) is 6.46. The van der Waals surface area contributed by atoms with Crippen LogP contribution >= 0.6 is 0 Å². The molecule has 0 saturated heterocycles. The van der Waals surface area contributed by atoms with E-state index in [4.69, 9.17) is 0 Å². The van der Waals surface area contributed by atoms with Crippen molar-refractivity contribution in [1.29, 1.82) is 0 Å². The van der Waals surface area contributed by atoms with Crippen LogP contribution < -0.4 is 10.6 Å². The summed E-state index contributed by atoms with van der Waals surface area (Å²) in [4.78, 5) is 12.1. The van der Waals surface area contributed by atoms with Gasteiger partial charge < -0.3 is 10.6 Å². The van der Waals surface area contributed by atoms with Crippen LogP contribution in [0.4, 0.5) is 0 Å². The maximum Gasteiger partial charge on any atom is 0.223 e. The van der Waals surface area contributed by atoms with Gasteiger partial charge in [-0.2, -0.15) is 0 Å². The number of hydrogen-bond donors (Lipinski definition) is 2. The van der Waals surface area contributed by atoms with Crippen molar-refractivity contribution in [1.82, 2.24) is 10.6 Å². The topological polar surface area (TPSA) is 41.1 Å². The Hall–Kier alpha value is -1.35. The van der Waals surface area contributed by atoms with Crippen molar-refractivity contribution in [2.45, 2.75) is 38.9 Å². The van der Waals surface area contributed by atoms with Crippen molar-refractivity contribution >= 4 is 5.91 Å². The van der Waals surface area contributed by atoms with Gasteiger partial charge in [-0.05, 0) is 47.8 Å². The molecule has 3 nitrogen and oxygen atoms in total. The molecule has 1 amide bonds. The third-order valence-corrected chi connectivity index (χ3v) is 4.98. The van der Waals surface area contributed by atoms with Crippen LogP contribution in [0.25, 0.3) is 0 Å². The lowest BCUT2D eigenvalue weighted by Gasteiger charge is -2.12. The van der Waals surface area contributed by atoms with Crippen molar-refractivity contribution in [2.24, 2.45) is 17.8 Å². The summed E-state index contributed by atoms with van der Waals surface area (Å²) in [6.07, 6.45) is 3.64. The van der Waals surface area contributed by atoms with Crippen LogP contribution in [-0.2, 0) is 24.4 Å². The summed E-state index contributed by atoms with van der Waals surface area (Å²) in [5.41, 5.74) is 4.00. The van der Waals surface area contributed by atoms with Gasteiger partial charge in [-0.15, -0.1) is 0 Å². The molecule has 19 heavy (non-hydrogen) atoms. The summed E-state index contributed by atoms with van der Waals surface area (Å²) < 4.78 is 0. The van der Waals surface area contributed by atoms with Crippen molar-refractivity contribution in [2.75, 3.05) is 0 Å². The molecule has 4 rings (SSSR count). The number of amides is 1. The third-order valence-electron chi connectivity index (χ3n) is 4.98. The Kier molecular flexibility index (Phi) is 2.62. The molecular weight excluding hydrogens is 236 g/mol. The zero-order valence-electron chi connectivity index (χ0n) is 11.1. The van der Waals surface area contributed by atoms with E-state index in [9.17, 15) is 4.79 Å². The molecule has 1 heterocycles. The average molecular weight is 256 g/mol. The van der Waals surface area contributed by atoms with Crippen molar-refractivity contribution in [3.05, 3.63) is 34.9 Å². The van der Waals surface area contributed by atoms with Gasteiger partial charge in [-0.3, -0.25) is 4.79 Å². The largest absolute Gasteiger partial charge is 0.352 e. The van der Waals surface area contributed by atoms with Gasteiger partial charge in [0.15, 0.2) is 0 Å². The molecule has 3 aliphatic rings. The van der Waals surface area contributed by atoms with Crippen molar-refractivity contribution in [3.8, 4) is 0 Å². The number of benzene rings is 1. The SMILES string of the molecule is O=C(NCc1ccc2c(c1)CNC2)C1CC2CC2C1. The van der Waals surface area contributed by atoms with Gasteiger partial charge in [0, 0.05) is 25.6 Å². The third kappa shape index (κ3) is 2.16. The van der Waals surface area contributed by atoms with Crippen LogP contribution in [0.1, 0.15) is 36.0 Å². The van der Waals surface area contributed by atoms with Gasteiger partial charge in [0.1, 0.15) is 0 Å². The number of rotatable bonds is 3. The second kappa shape index (κ2) is 4.34. The first kappa shape index (κ1) is 11.5. The number of carbonyl (C=O) groups excluding carboxylic acids is 1. The summed E-state index contributed by atoms with van der Waals surface area (Å²) in [6, 6.07) is 6.54. The molecule has 3 heteroatoms. The molecule has 0 spiro atoms. The molecule has 1 aromatic rings. The molecule has 0 radical (unpaired) electrons. The molecule has 2 N–H and O–H groups in total. The molecule has 100 valence electrons. The Labute approximate surface area is 113 Å². The van der Waals surface area contributed by atoms with E-state index in [1.807, 2.05) is 0 Å². The smallest absolute Gasteiger partial charge is 0.223 e. The fraction of sp³-hybridized carbons (Fsp3) is 0.562. The van der Waals surface area contributed by atoms with E-state index in [0.29, 0.717) is 12.5 Å². The summed E-state index contributed by atoms with van der Waals surface area (Å²) >= 11 is 0. The standard InChI is InChI=1S/C16H20N2O/c19-16(14-5-12-4-13(12)6-14)18-7-10-1-2-11-8-17-9-15(11)3-10/h1-3,12-14,17H,4-9H2,(H,18,19). The van der Waals surface area contributed by atoms with E-state index < -0.39 is 0 Å². The highest BCUT2D eigenvalue weighted by molar-refractivity contribution is 5.79. The predicted molar refractivity (Wildman–Crippen MR) is 73.2 cm³/mol. The number of fused-ring (bicyclic) bond motifs is 2. The van der Waals surface area contributed by atoms with Crippen LogP contribution in [-0.4, -0.2) is 5.91 Å². The van der Waals surface area contributed by atoms with Crippen LogP contribution in [0.2, 0.25) is 0 Å². The first-order valence-electron chi connectivity index (χ1n) is 7.38. The first-order valence-corrected chi connectivity index (χ1v) is 7.38. The lowest BCUT2D eigenvalue weighted by atomic mass is 10.0. The number of hydrogen-bond acceptors (Lipinski definition) is 2. The van der Waals surface area contributed by atoms with Crippen LogP contribution in [0, 0.1) is 17.8 Å². The monoisotopic (exact) mass is 256 g/mol. The maximum absolute atomic E-state index is 12.1. The molecule has 2 unspecified atom stereocenters. The first-order chi connectivity index (χ1) is 9.29. The van der Waals surface area contributed by atoms with Gasteiger partial charge in [-0.25, -0.2) is 0 Å². The Morgan fingerprint density at radius 1 is 1.16 bits per heavy atom. The molecule has 1 aromatic carbocycles. The van der Waals surface area contributed by atoms with Gasteiger partial charge in [0.2, 0.25) is 5.91 Å². The lowest BCUT2D eigenvalue weighted by Crippen LogP contribution is -2.29. The van der Waals surface area contributed by atoms with Crippen LogP contribution in [0.15, 0.2) is 18.2 Å². The zero-order valence-corrected chi connectivity index (χ0v) is 11.1. The molecule has 0 aromatic heterocycles. The quantitative estimate of drug-likeness (QED) is 0.868. The predicted octanol–water partition coefficient (Wildman–Crippen LogP) is 1.95. The number of carbonyl (C=O) groups is 1. The minimum Gasteiger partial charge on any atom is -0.352 e. The molecular formula is C16H20N2O. The zero-order chi connectivity index (χ0) is 12.8. The fourth-order valence-electron chi connectivity index (χ4n) is 3.72. The summed E-state index contributed by atoms with van der Waals surface area (Å²) in [5.74, 6) is 2.31. The molecule has 2 atom stereocenters. The summed E-state index contributed by atoms with van der Waals surface area (Å²) in [7, 11) is 0. The molecule has 2 saturated carbocycles. The maximum atomic E-state index is 12.1. The van der Waals surface area contributed by atoms with E-state index in [2.05, 4.69) is 28.8 Å². The molecule has 2 aliphatic carbocycles. The fourth-order valence-corrected chi connectivity index (χ4v) is 3.72. The molecule has 0 bridgehead atoms. The minimum atomic E-state index is 0.269. The Bertz CT molecular complexity index is 515.